The van der Waals surface area contributed by atoms with Gasteiger partial charge in [-0.1, -0.05) is 35.9 Å². The van der Waals surface area contributed by atoms with E-state index in [0.29, 0.717) is 16.7 Å². The van der Waals surface area contributed by atoms with Gasteiger partial charge in [-0.25, -0.2) is 26.6 Å². The number of nitrogens with zero attached hydrogens (tertiary/aromatic N) is 1. The van der Waals surface area contributed by atoms with Gasteiger partial charge in [-0.05, 0) is 42.5 Å². The van der Waals surface area contributed by atoms with Gasteiger partial charge in [-0.15, -0.1) is 0 Å². The zero-order chi connectivity index (χ0) is 20.8. The van der Waals surface area contributed by atoms with Crippen LogP contribution in [-0.4, -0.2) is 13.4 Å². The number of halogens is 4. The van der Waals surface area contributed by atoms with Crippen LogP contribution in [0.4, 0.5) is 13.2 Å². The highest BCUT2D eigenvalue weighted by molar-refractivity contribution is 7.91. The minimum absolute atomic E-state index is 0.0123. The van der Waals surface area contributed by atoms with Crippen molar-refractivity contribution in [3.8, 4) is 11.3 Å². The molecular formula is C21H11ClF3NO2S. The smallest absolute Gasteiger partial charge is 0.208 e. The molecular weight excluding hydrogens is 423 g/mol. The summed E-state index contributed by atoms with van der Waals surface area (Å²) in [4.78, 5) is 3.54. The largest absolute Gasteiger partial charge is 0.243 e. The molecule has 4 aromatic rings. The highest BCUT2D eigenvalue weighted by Crippen LogP contribution is 2.34. The van der Waals surface area contributed by atoms with Crippen molar-refractivity contribution in [2.75, 3.05) is 0 Å². The zero-order valence-electron chi connectivity index (χ0n) is 14.5. The fourth-order valence-electron chi connectivity index (χ4n) is 2.93. The maximum atomic E-state index is 14.3. The van der Waals surface area contributed by atoms with Crippen molar-refractivity contribution in [2.24, 2.45) is 0 Å². The number of sulfone groups is 1. The molecule has 0 unspecified atom stereocenters. The number of hydrogen-bond donors (Lipinski definition) is 0. The van der Waals surface area contributed by atoms with E-state index in [9.17, 15) is 21.6 Å². The summed E-state index contributed by atoms with van der Waals surface area (Å²) < 4.78 is 67.7. The quantitative estimate of drug-likeness (QED) is 0.383. The molecule has 3 aromatic carbocycles. The molecule has 0 amide bonds. The maximum absolute atomic E-state index is 14.3. The predicted octanol–water partition coefficient (Wildman–Crippen LogP) is 5.81. The minimum Gasteiger partial charge on any atom is -0.243 e. The van der Waals surface area contributed by atoms with Gasteiger partial charge >= 0.3 is 0 Å². The van der Waals surface area contributed by atoms with E-state index in [1.54, 1.807) is 12.1 Å². The highest BCUT2D eigenvalue weighted by atomic mass is 35.5. The van der Waals surface area contributed by atoms with Gasteiger partial charge in [0, 0.05) is 16.0 Å². The number of benzene rings is 3. The lowest BCUT2D eigenvalue weighted by Crippen LogP contribution is -2.07. The lowest BCUT2D eigenvalue weighted by Gasteiger charge is -2.13. The number of hydrogen-bond acceptors (Lipinski definition) is 3. The Balaban J connectivity index is 2.05. The summed E-state index contributed by atoms with van der Waals surface area (Å²) in [6.07, 6.45) is 0. The topological polar surface area (TPSA) is 47.0 Å². The Labute approximate surface area is 169 Å². The lowest BCUT2D eigenvalue weighted by atomic mass is 10.1. The van der Waals surface area contributed by atoms with E-state index in [2.05, 4.69) is 4.98 Å². The molecule has 0 N–H and O–H groups in total. The lowest BCUT2D eigenvalue weighted by molar-refractivity contribution is 0.504. The summed E-state index contributed by atoms with van der Waals surface area (Å²) >= 11 is 5.90. The first-order valence-electron chi connectivity index (χ1n) is 8.33. The van der Waals surface area contributed by atoms with Gasteiger partial charge in [0.25, 0.3) is 0 Å². The predicted molar refractivity (Wildman–Crippen MR) is 104 cm³/mol. The molecule has 0 radical (unpaired) electrons. The van der Waals surface area contributed by atoms with Crippen LogP contribution in [0.15, 0.2) is 76.5 Å². The molecule has 0 bridgehead atoms. The van der Waals surface area contributed by atoms with Crippen LogP contribution >= 0.6 is 11.6 Å². The Kier molecular flexibility index (Phi) is 4.80. The van der Waals surface area contributed by atoms with Crippen LogP contribution in [0.2, 0.25) is 5.02 Å². The van der Waals surface area contributed by atoms with E-state index in [0.717, 1.165) is 12.1 Å². The van der Waals surface area contributed by atoms with E-state index >= 15 is 0 Å². The van der Waals surface area contributed by atoms with E-state index in [4.69, 9.17) is 11.6 Å². The second-order valence-corrected chi connectivity index (χ2v) is 8.59. The van der Waals surface area contributed by atoms with Crippen molar-refractivity contribution >= 4 is 32.3 Å². The average molecular weight is 434 g/mol. The Morgan fingerprint density at radius 3 is 2.21 bits per heavy atom. The Morgan fingerprint density at radius 1 is 0.793 bits per heavy atom. The van der Waals surface area contributed by atoms with Crippen molar-refractivity contribution < 1.29 is 21.6 Å². The van der Waals surface area contributed by atoms with Crippen LogP contribution in [0.5, 0.6) is 0 Å². The zero-order valence-corrected chi connectivity index (χ0v) is 16.1. The van der Waals surface area contributed by atoms with Crippen LogP contribution < -0.4 is 0 Å². The average Bonchev–Trinajstić information content (AvgIpc) is 2.70. The van der Waals surface area contributed by atoms with Gasteiger partial charge in [-0.2, -0.15) is 0 Å². The van der Waals surface area contributed by atoms with Gasteiger partial charge in [0.15, 0.2) is 11.6 Å². The van der Waals surface area contributed by atoms with E-state index in [-0.39, 0.29) is 21.5 Å². The second-order valence-electron chi connectivity index (χ2n) is 6.23. The van der Waals surface area contributed by atoms with Gasteiger partial charge < -0.3 is 0 Å². The Morgan fingerprint density at radius 2 is 1.52 bits per heavy atom. The maximum Gasteiger partial charge on any atom is 0.208 e. The van der Waals surface area contributed by atoms with Crippen LogP contribution in [-0.2, 0) is 9.84 Å². The molecule has 3 nitrogen and oxygen atoms in total. The normalized spacial score (nSPS) is 11.7. The van der Waals surface area contributed by atoms with E-state index in [1.807, 2.05) is 0 Å². The van der Waals surface area contributed by atoms with Gasteiger partial charge in [-0.3, -0.25) is 0 Å². The molecule has 4 rings (SSSR count). The minimum atomic E-state index is -4.30. The first-order valence-corrected chi connectivity index (χ1v) is 10.2. The van der Waals surface area contributed by atoms with Crippen molar-refractivity contribution in [2.45, 2.75) is 9.79 Å². The fraction of sp³-hybridized carbons (Fsp3) is 0. The summed E-state index contributed by atoms with van der Waals surface area (Å²) in [5, 5.41) is 0.676. The molecule has 0 aliphatic rings. The number of para-hydroxylation sites is 1. The number of pyridine rings is 1. The van der Waals surface area contributed by atoms with Crippen molar-refractivity contribution in [1.29, 1.82) is 0 Å². The summed E-state index contributed by atoms with van der Waals surface area (Å²) in [6, 6.07) is 13.9. The molecule has 8 heteroatoms. The van der Waals surface area contributed by atoms with Crippen molar-refractivity contribution in [3.63, 3.8) is 0 Å². The Hall–Kier alpha value is -2.90. The molecule has 146 valence electrons. The third-order valence-electron chi connectivity index (χ3n) is 4.37. The summed E-state index contributed by atoms with van der Waals surface area (Å²) in [6.45, 7) is 0. The van der Waals surface area contributed by atoms with Crippen LogP contribution in [0.3, 0.4) is 0 Å². The molecule has 1 heterocycles. The van der Waals surface area contributed by atoms with Crippen LogP contribution in [0.1, 0.15) is 0 Å². The molecule has 1 aromatic heterocycles. The highest BCUT2D eigenvalue weighted by Gasteiger charge is 2.26. The molecule has 0 atom stereocenters. The number of fused-ring (bicyclic) bond motifs is 1. The van der Waals surface area contributed by atoms with Gasteiger partial charge in [0.05, 0.1) is 15.5 Å². The van der Waals surface area contributed by atoms with E-state index < -0.39 is 32.2 Å². The fourth-order valence-corrected chi connectivity index (χ4v) is 4.52. The van der Waals surface area contributed by atoms with Gasteiger partial charge in [0.1, 0.15) is 11.3 Å². The molecule has 0 aliphatic carbocycles. The first kappa shape index (κ1) is 19.4. The molecule has 0 saturated heterocycles. The molecule has 29 heavy (non-hydrogen) atoms. The molecule has 0 saturated carbocycles. The summed E-state index contributed by atoms with van der Waals surface area (Å²) in [5.74, 6) is -3.08. The van der Waals surface area contributed by atoms with Crippen molar-refractivity contribution in [3.05, 3.63) is 89.2 Å². The molecule has 0 aliphatic heterocycles. The second kappa shape index (κ2) is 7.17. The standard InChI is InChI=1S/C21H11ClF3NO2S/c22-14-6-4-12(5-7-14)21-19(10-13-2-1-3-17(24)20(13)26-21)29(27,28)15-8-9-16(23)18(25)11-15/h1-11H. The Bertz CT molecular complexity index is 1360. The van der Waals surface area contributed by atoms with Crippen molar-refractivity contribution in [1.82, 2.24) is 4.98 Å². The van der Waals surface area contributed by atoms with Gasteiger partial charge in [0.2, 0.25) is 9.84 Å². The van der Waals surface area contributed by atoms with E-state index in [1.165, 1.54) is 36.4 Å². The SMILES string of the molecule is O=S(=O)(c1ccc(F)c(F)c1)c1cc2cccc(F)c2nc1-c1ccc(Cl)cc1. The third kappa shape index (κ3) is 3.47. The molecule has 0 spiro atoms. The summed E-state index contributed by atoms with van der Waals surface area (Å²) in [7, 11) is -4.30. The third-order valence-corrected chi connectivity index (χ3v) is 6.39. The van der Waals surface area contributed by atoms with Crippen LogP contribution in [0.25, 0.3) is 22.2 Å². The number of rotatable bonds is 3. The molecule has 0 fully saturated rings. The number of aromatic nitrogens is 1. The first-order chi connectivity index (χ1) is 13.8. The van der Waals surface area contributed by atoms with Crippen LogP contribution in [0, 0.1) is 17.5 Å². The summed E-state index contributed by atoms with van der Waals surface area (Å²) in [5.41, 5.74) is 0.339. The monoisotopic (exact) mass is 433 g/mol.